The largest absolute Gasteiger partial charge is 0.374 e. The molecule has 1 heterocycles. The molecule has 1 aliphatic heterocycles. The van der Waals surface area contributed by atoms with E-state index < -0.39 is 0 Å². The first-order chi connectivity index (χ1) is 7.29. The van der Waals surface area contributed by atoms with Crippen molar-refractivity contribution in [2.45, 2.75) is 44.8 Å². The molecule has 0 spiro atoms. The van der Waals surface area contributed by atoms with Gasteiger partial charge in [-0.1, -0.05) is 19.8 Å². The third-order valence-corrected chi connectivity index (χ3v) is 3.50. The van der Waals surface area contributed by atoms with Crippen LogP contribution in [-0.4, -0.2) is 43.3 Å². The molecule has 88 valence electrons. The van der Waals surface area contributed by atoms with E-state index in [-0.39, 0.29) is 12.1 Å². The van der Waals surface area contributed by atoms with Gasteiger partial charge in [0.2, 0.25) is 0 Å². The monoisotopic (exact) mass is 212 g/mol. The number of hydrogen-bond donors (Lipinski definition) is 1. The second-order valence-electron chi connectivity index (χ2n) is 5.05. The summed E-state index contributed by atoms with van der Waals surface area (Å²) in [4.78, 5) is 2.49. The molecule has 3 nitrogen and oxygen atoms in total. The smallest absolute Gasteiger partial charge is 0.0853 e. The minimum atomic E-state index is 0.261. The fraction of sp³-hybridized carbons (Fsp3) is 1.00. The fourth-order valence-corrected chi connectivity index (χ4v) is 2.40. The lowest BCUT2D eigenvalue weighted by Crippen LogP contribution is -2.50. The van der Waals surface area contributed by atoms with Crippen molar-refractivity contribution >= 4 is 0 Å². The van der Waals surface area contributed by atoms with Crippen molar-refractivity contribution in [3.8, 4) is 0 Å². The number of hydrogen-bond acceptors (Lipinski definition) is 3. The Kier molecular flexibility index (Phi) is 4.00. The first-order valence-corrected chi connectivity index (χ1v) is 6.39. The highest BCUT2D eigenvalue weighted by Crippen LogP contribution is 2.34. The summed E-state index contributed by atoms with van der Waals surface area (Å²) in [5.41, 5.74) is 6.20. The zero-order valence-electron chi connectivity index (χ0n) is 9.82. The van der Waals surface area contributed by atoms with E-state index >= 15 is 0 Å². The Morgan fingerprint density at radius 3 is 2.93 bits per heavy atom. The second-order valence-corrected chi connectivity index (χ2v) is 5.05. The maximum absolute atomic E-state index is 6.20. The van der Waals surface area contributed by atoms with Gasteiger partial charge in [-0.25, -0.2) is 0 Å². The zero-order chi connectivity index (χ0) is 10.7. The summed E-state index contributed by atoms with van der Waals surface area (Å²) in [6.07, 6.45) is 5.46. The molecule has 15 heavy (non-hydrogen) atoms. The molecule has 2 atom stereocenters. The summed E-state index contributed by atoms with van der Waals surface area (Å²) in [5, 5.41) is 0. The van der Waals surface area contributed by atoms with Crippen LogP contribution in [-0.2, 0) is 4.74 Å². The normalized spacial score (nSPS) is 30.4. The van der Waals surface area contributed by atoms with Crippen LogP contribution in [0.25, 0.3) is 0 Å². The van der Waals surface area contributed by atoms with Gasteiger partial charge in [-0.15, -0.1) is 0 Å². The molecule has 2 rings (SSSR count). The van der Waals surface area contributed by atoms with E-state index in [0.29, 0.717) is 0 Å². The first-order valence-electron chi connectivity index (χ1n) is 6.39. The summed E-state index contributed by atoms with van der Waals surface area (Å²) >= 11 is 0. The topological polar surface area (TPSA) is 38.5 Å². The van der Waals surface area contributed by atoms with Crippen LogP contribution < -0.4 is 5.73 Å². The molecule has 1 aliphatic carbocycles. The van der Waals surface area contributed by atoms with Crippen LogP contribution in [0.2, 0.25) is 0 Å². The van der Waals surface area contributed by atoms with Gasteiger partial charge in [0.25, 0.3) is 0 Å². The molecule has 0 amide bonds. The van der Waals surface area contributed by atoms with E-state index in [9.17, 15) is 0 Å². The maximum Gasteiger partial charge on any atom is 0.0853 e. The van der Waals surface area contributed by atoms with Gasteiger partial charge in [0, 0.05) is 19.1 Å². The number of rotatable bonds is 5. The first kappa shape index (κ1) is 11.4. The number of nitrogens with zero attached hydrogens (tertiary/aromatic N) is 1. The SMILES string of the molecule is CCCN1CCOC(C(N)CC2CC2)C1. The molecule has 0 radical (unpaired) electrons. The van der Waals surface area contributed by atoms with Crippen LogP contribution in [0.15, 0.2) is 0 Å². The van der Waals surface area contributed by atoms with Crippen molar-refractivity contribution in [3.05, 3.63) is 0 Å². The van der Waals surface area contributed by atoms with E-state index in [4.69, 9.17) is 10.5 Å². The average molecular weight is 212 g/mol. The second kappa shape index (κ2) is 5.28. The van der Waals surface area contributed by atoms with Gasteiger partial charge >= 0.3 is 0 Å². The third-order valence-electron chi connectivity index (χ3n) is 3.50. The quantitative estimate of drug-likeness (QED) is 0.745. The molecule has 2 unspecified atom stereocenters. The maximum atomic E-state index is 6.20. The van der Waals surface area contributed by atoms with Crippen LogP contribution >= 0.6 is 0 Å². The van der Waals surface area contributed by atoms with Crippen molar-refractivity contribution in [2.24, 2.45) is 11.7 Å². The number of morpholine rings is 1. The molecule has 0 aromatic carbocycles. The van der Waals surface area contributed by atoms with Crippen LogP contribution in [0.1, 0.15) is 32.6 Å². The molecular formula is C12H24N2O. The fourth-order valence-electron chi connectivity index (χ4n) is 2.40. The van der Waals surface area contributed by atoms with Crippen LogP contribution in [0.4, 0.5) is 0 Å². The van der Waals surface area contributed by atoms with Crippen LogP contribution in [0.5, 0.6) is 0 Å². The van der Waals surface area contributed by atoms with E-state index in [2.05, 4.69) is 11.8 Å². The van der Waals surface area contributed by atoms with Gasteiger partial charge in [-0.3, -0.25) is 4.90 Å². The lowest BCUT2D eigenvalue weighted by Gasteiger charge is -2.35. The Morgan fingerprint density at radius 2 is 2.27 bits per heavy atom. The number of ether oxygens (including phenoxy) is 1. The van der Waals surface area contributed by atoms with Gasteiger partial charge < -0.3 is 10.5 Å². The minimum Gasteiger partial charge on any atom is -0.374 e. The van der Waals surface area contributed by atoms with Crippen molar-refractivity contribution in [3.63, 3.8) is 0 Å². The molecular weight excluding hydrogens is 188 g/mol. The van der Waals surface area contributed by atoms with Gasteiger partial charge in [-0.05, 0) is 25.3 Å². The molecule has 2 fully saturated rings. The van der Waals surface area contributed by atoms with Gasteiger partial charge in [-0.2, -0.15) is 0 Å². The molecule has 0 aromatic rings. The Labute approximate surface area is 93.0 Å². The molecule has 1 saturated heterocycles. The molecule has 0 bridgehead atoms. The van der Waals surface area contributed by atoms with Gasteiger partial charge in [0.05, 0.1) is 12.7 Å². The Bertz CT molecular complexity index is 192. The van der Waals surface area contributed by atoms with Crippen molar-refractivity contribution in [1.82, 2.24) is 4.90 Å². The van der Waals surface area contributed by atoms with Crippen molar-refractivity contribution in [1.29, 1.82) is 0 Å². The lowest BCUT2D eigenvalue weighted by atomic mass is 10.0. The number of nitrogens with two attached hydrogens (primary N) is 1. The van der Waals surface area contributed by atoms with Crippen molar-refractivity contribution in [2.75, 3.05) is 26.2 Å². The molecule has 0 aromatic heterocycles. The van der Waals surface area contributed by atoms with Gasteiger partial charge in [0.15, 0.2) is 0 Å². The van der Waals surface area contributed by atoms with Crippen LogP contribution in [0, 0.1) is 5.92 Å². The Morgan fingerprint density at radius 1 is 1.47 bits per heavy atom. The van der Waals surface area contributed by atoms with Crippen molar-refractivity contribution < 1.29 is 4.74 Å². The molecule has 3 heteroatoms. The predicted molar refractivity (Wildman–Crippen MR) is 61.8 cm³/mol. The highest BCUT2D eigenvalue weighted by molar-refractivity contribution is 4.86. The van der Waals surface area contributed by atoms with E-state index in [1.54, 1.807) is 0 Å². The molecule has 2 aliphatic rings. The Hall–Kier alpha value is -0.120. The summed E-state index contributed by atoms with van der Waals surface area (Å²) < 4.78 is 5.78. The molecule has 1 saturated carbocycles. The predicted octanol–water partition coefficient (Wildman–Crippen LogP) is 1.22. The third kappa shape index (κ3) is 3.44. The van der Waals surface area contributed by atoms with Crippen LogP contribution in [0.3, 0.4) is 0 Å². The summed E-state index contributed by atoms with van der Waals surface area (Å²) in [6, 6.07) is 0.261. The zero-order valence-corrected chi connectivity index (χ0v) is 9.82. The van der Waals surface area contributed by atoms with Gasteiger partial charge in [0.1, 0.15) is 0 Å². The highest BCUT2D eigenvalue weighted by Gasteiger charge is 2.30. The van der Waals surface area contributed by atoms with E-state index in [1.165, 1.54) is 32.2 Å². The van der Waals surface area contributed by atoms with E-state index in [0.717, 1.165) is 25.6 Å². The lowest BCUT2D eigenvalue weighted by molar-refractivity contribution is -0.0420. The summed E-state index contributed by atoms with van der Waals surface area (Å²) in [7, 11) is 0. The highest BCUT2D eigenvalue weighted by atomic mass is 16.5. The minimum absolute atomic E-state index is 0.261. The molecule has 2 N–H and O–H groups in total. The summed E-state index contributed by atoms with van der Waals surface area (Å²) in [6.45, 7) is 6.41. The summed E-state index contributed by atoms with van der Waals surface area (Å²) in [5.74, 6) is 0.908. The van der Waals surface area contributed by atoms with E-state index in [1.807, 2.05) is 0 Å². The average Bonchev–Trinajstić information content (AvgIpc) is 3.03. The standard InChI is InChI=1S/C12H24N2O/c1-2-5-14-6-7-15-12(9-14)11(13)8-10-3-4-10/h10-12H,2-9,13H2,1H3. The Balaban J connectivity index is 1.74.